The van der Waals surface area contributed by atoms with Crippen molar-refractivity contribution in [3.05, 3.63) is 46.3 Å². The lowest BCUT2D eigenvalue weighted by molar-refractivity contribution is -0.135. The fraction of sp³-hybridized carbons (Fsp3) is 0.600. The molecule has 29 heavy (non-hydrogen) atoms. The Morgan fingerprint density at radius 2 is 2.07 bits per heavy atom. The molecular weight excluding hydrogens is 374 g/mol. The molecule has 0 aliphatic carbocycles. The van der Waals surface area contributed by atoms with Gasteiger partial charge in [0.15, 0.2) is 0 Å². The highest BCUT2D eigenvalue weighted by atomic mass is 16.6. The molecule has 1 fully saturated rings. The van der Waals surface area contributed by atoms with Gasteiger partial charge in [0.2, 0.25) is 5.91 Å². The van der Waals surface area contributed by atoms with Crippen LogP contribution in [0.5, 0.6) is 0 Å². The van der Waals surface area contributed by atoms with Gasteiger partial charge in [-0.25, -0.2) is 4.79 Å². The molecule has 2 rings (SSSR count). The largest absolute Gasteiger partial charge is 0.444 e. The van der Waals surface area contributed by atoms with Gasteiger partial charge in [-0.05, 0) is 44.7 Å². The molecule has 2 atom stereocenters. The van der Waals surface area contributed by atoms with E-state index in [0.717, 1.165) is 18.4 Å². The third kappa shape index (κ3) is 7.63. The zero-order valence-electron chi connectivity index (χ0n) is 17.2. The first-order valence-corrected chi connectivity index (χ1v) is 9.72. The quantitative estimate of drug-likeness (QED) is 0.407. The summed E-state index contributed by atoms with van der Waals surface area (Å²) in [4.78, 5) is 29.8. The van der Waals surface area contributed by atoms with E-state index in [1.807, 2.05) is 30.3 Å². The Labute approximate surface area is 171 Å². The summed E-state index contributed by atoms with van der Waals surface area (Å²) in [5, 5.41) is 6.23. The summed E-state index contributed by atoms with van der Waals surface area (Å²) in [5.41, 5.74) is 8.86. The zero-order chi connectivity index (χ0) is 21.3. The summed E-state index contributed by atoms with van der Waals surface area (Å²) in [6, 6.07) is 8.52. The summed E-state index contributed by atoms with van der Waals surface area (Å²) in [6.07, 6.45) is 0.904. The van der Waals surface area contributed by atoms with Crippen LogP contribution in [0.15, 0.2) is 35.4 Å². The molecule has 1 aliphatic heterocycles. The number of carbonyl (C=O) groups excluding carboxylic acids is 2. The number of nitrogens with zero attached hydrogens (tertiary/aromatic N) is 4. The maximum absolute atomic E-state index is 13.1. The smallest absolute Gasteiger partial charge is 0.408 e. The molecule has 0 bridgehead atoms. The number of hydrogen-bond acceptors (Lipinski definition) is 5. The number of ether oxygens (including phenoxy) is 2. The van der Waals surface area contributed by atoms with Crippen molar-refractivity contribution in [1.82, 2.24) is 10.2 Å². The second-order valence-corrected chi connectivity index (χ2v) is 7.94. The van der Waals surface area contributed by atoms with E-state index in [9.17, 15) is 9.59 Å². The van der Waals surface area contributed by atoms with Crippen LogP contribution in [0.4, 0.5) is 4.79 Å². The lowest BCUT2D eigenvalue weighted by atomic mass is 10.2. The summed E-state index contributed by atoms with van der Waals surface area (Å²) in [5.74, 6) is -0.264. The lowest BCUT2D eigenvalue weighted by Gasteiger charge is -2.29. The van der Waals surface area contributed by atoms with Crippen molar-refractivity contribution in [2.45, 2.75) is 57.9 Å². The number of azide groups is 1. The van der Waals surface area contributed by atoms with Crippen molar-refractivity contribution in [2.24, 2.45) is 5.11 Å². The fourth-order valence-electron chi connectivity index (χ4n) is 3.14. The van der Waals surface area contributed by atoms with Gasteiger partial charge in [0.25, 0.3) is 0 Å². The number of amides is 2. The molecule has 1 aliphatic rings. The predicted octanol–water partition coefficient (Wildman–Crippen LogP) is 3.40. The maximum Gasteiger partial charge on any atom is 0.408 e. The molecule has 1 aromatic rings. The van der Waals surface area contributed by atoms with Crippen LogP contribution in [-0.2, 0) is 20.9 Å². The number of alkyl carbamates (subject to hydrolysis) is 1. The molecule has 0 radical (unpaired) electrons. The van der Waals surface area contributed by atoms with Crippen LogP contribution in [0.1, 0.15) is 39.2 Å². The van der Waals surface area contributed by atoms with E-state index in [1.165, 1.54) is 0 Å². The molecule has 2 unspecified atom stereocenters. The number of hydrogen-bond donors (Lipinski definition) is 1. The zero-order valence-corrected chi connectivity index (χ0v) is 17.2. The Morgan fingerprint density at radius 1 is 1.34 bits per heavy atom. The molecular formula is C20H29N5O4. The molecule has 2 amide bonds. The van der Waals surface area contributed by atoms with Crippen LogP contribution >= 0.6 is 0 Å². The molecule has 158 valence electrons. The van der Waals surface area contributed by atoms with Crippen molar-refractivity contribution in [2.75, 3.05) is 19.7 Å². The van der Waals surface area contributed by atoms with Crippen LogP contribution in [0.3, 0.4) is 0 Å². The van der Waals surface area contributed by atoms with E-state index >= 15 is 0 Å². The molecule has 0 spiro atoms. The highest BCUT2D eigenvalue weighted by Crippen LogP contribution is 2.19. The monoisotopic (exact) mass is 403 g/mol. The first kappa shape index (κ1) is 22.5. The van der Waals surface area contributed by atoms with Gasteiger partial charge in [0, 0.05) is 24.0 Å². The summed E-state index contributed by atoms with van der Waals surface area (Å²) in [6.45, 7) is 6.37. The minimum atomic E-state index is -0.889. The third-order valence-electron chi connectivity index (χ3n) is 4.40. The summed E-state index contributed by atoms with van der Waals surface area (Å²) >= 11 is 0. The number of likely N-dealkylation sites (tertiary alicyclic amines) is 1. The maximum atomic E-state index is 13.1. The second-order valence-electron chi connectivity index (χ2n) is 7.94. The van der Waals surface area contributed by atoms with Crippen molar-refractivity contribution >= 4 is 12.0 Å². The standard InChI is InChI=1S/C20H29N5O4/c1-20(2,3)29-19(27)23-17(14-28-13-15-8-5-4-6-9-15)18(26)25-11-7-10-16(25)12-22-24-21/h4-6,8-9,16-17H,7,10-14H2,1-3H3,(H,23,27). The van der Waals surface area contributed by atoms with Crippen molar-refractivity contribution in [3.8, 4) is 0 Å². The van der Waals surface area contributed by atoms with Crippen molar-refractivity contribution < 1.29 is 19.1 Å². The molecule has 1 N–H and O–H groups in total. The predicted molar refractivity (Wildman–Crippen MR) is 108 cm³/mol. The minimum absolute atomic E-state index is 0.0116. The van der Waals surface area contributed by atoms with E-state index in [4.69, 9.17) is 15.0 Å². The molecule has 9 heteroatoms. The fourth-order valence-corrected chi connectivity index (χ4v) is 3.14. The van der Waals surface area contributed by atoms with Gasteiger partial charge in [-0.3, -0.25) is 4.79 Å². The van der Waals surface area contributed by atoms with Crippen molar-refractivity contribution in [1.29, 1.82) is 0 Å². The lowest BCUT2D eigenvalue weighted by Crippen LogP contribution is -2.53. The van der Waals surface area contributed by atoms with Crippen LogP contribution in [0, 0.1) is 0 Å². The molecule has 0 aromatic heterocycles. The molecule has 1 saturated heterocycles. The first-order chi connectivity index (χ1) is 13.8. The number of nitrogens with one attached hydrogen (secondary N) is 1. The Bertz CT molecular complexity index is 728. The first-order valence-electron chi connectivity index (χ1n) is 9.72. The van der Waals surface area contributed by atoms with E-state index in [1.54, 1.807) is 25.7 Å². The van der Waals surface area contributed by atoms with E-state index in [2.05, 4.69) is 15.3 Å². The Balaban J connectivity index is 2.04. The minimum Gasteiger partial charge on any atom is -0.444 e. The Morgan fingerprint density at radius 3 is 2.72 bits per heavy atom. The van der Waals surface area contributed by atoms with Gasteiger partial charge in [-0.1, -0.05) is 35.4 Å². The average molecular weight is 403 g/mol. The van der Waals surface area contributed by atoms with Crippen LogP contribution in [-0.4, -0.2) is 54.3 Å². The Kier molecular flexibility index (Phi) is 8.30. The normalized spacial score (nSPS) is 17.3. The number of rotatable bonds is 8. The Hall–Kier alpha value is -2.77. The molecule has 0 saturated carbocycles. The van der Waals surface area contributed by atoms with Crippen LogP contribution in [0.2, 0.25) is 0 Å². The van der Waals surface area contributed by atoms with Crippen LogP contribution < -0.4 is 5.32 Å². The molecule has 1 aromatic carbocycles. The van der Waals surface area contributed by atoms with Gasteiger partial charge in [-0.15, -0.1) is 0 Å². The van der Waals surface area contributed by atoms with E-state index < -0.39 is 17.7 Å². The SMILES string of the molecule is CC(C)(C)OC(=O)NC(COCc1ccccc1)C(=O)N1CCCC1CN=[N+]=[N-]. The number of carbonyl (C=O) groups is 2. The molecule has 1 heterocycles. The number of benzene rings is 1. The van der Waals surface area contributed by atoms with Gasteiger partial charge in [0.05, 0.1) is 13.2 Å². The second kappa shape index (κ2) is 10.7. The van der Waals surface area contributed by atoms with E-state index in [0.29, 0.717) is 13.2 Å². The highest BCUT2D eigenvalue weighted by Gasteiger charge is 2.34. The van der Waals surface area contributed by atoms with E-state index in [-0.39, 0.29) is 25.1 Å². The van der Waals surface area contributed by atoms with Gasteiger partial charge < -0.3 is 19.7 Å². The third-order valence-corrected chi connectivity index (χ3v) is 4.40. The van der Waals surface area contributed by atoms with Crippen LogP contribution in [0.25, 0.3) is 10.4 Å². The highest BCUT2D eigenvalue weighted by molar-refractivity contribution is 5.86. The van der Waals surface area contributed by atoms with Crippen molar-refractivity contribution in [3.63, 3.8) is 0 Å². The molecule has 9 nitrogen and oxygen atoms in total. The van der Waals surface area contributed by atoms with Gasteiger partial charge in [0.1, 0.15) is 11.6 Å². The average Bonchev–Trinajstić information content (AvgIpc) is 3.13. The van der Waals surface area contributed by atoms with Gasteiger partial charge in [-0.2, -0.15) is 0 Å². The van der Waals surface area contributed by atoms with Gasteiger partial charge >= 0.3 is 6.09 Å². The summed E-state index contributed by atoms with van der Waals surface area (Å²) in [7, 11) is 0. The topological polar surface area (TPSA) is 117 Å². The summed E-state index contributed by atoms with van der Waals surface area (Å²) < 4.78 is 11.0.